The molecule has 0 spiro atoms. The molecule has 0 saturated heterocycles. The van der Waals surface area contributed by atoms with Gasteiger partial charge in [0.2, 0.25) is 0 Å². The average molecular weight is 1380 g/mol. The van der Waals surface area contributed by atoms with Crippen LogP contribution in [0.15, 0.2) is 0 Å². The number of unbranched alkanes of at least 4 members (excludes halogenated alkanes) is 37. The highest BCUT2D eigenvalue weighted by molar-refractivity contribution is 7.47. The van der Waals surface area contributed by atoms with Crippen LogP contribution in [-0.4, -0.2) is 96.7 Å². The summed E-state index contributed by atoms with van der Waals surface area (Å²) < 4.78 is 68.5. The minimum absolute atomic E-state index is 0.104. The van der Waals surface area contributed by atoms with Gasteiger partial charge in [-0.1, -0.05) is 325 Å². The van der Waals surface area contributed by atoms with Gasteiger partial charge in [-0.15, -0.1) is 0 Å². The molecule has 0 amide bonds. The number of phosphoric ester groups is 2. The van der Waals surface area contributed by atoms with Crippen molar-refractivity contribution in [3.05, 3.63) is 0 Å². The van der Waals surface area contributed by atoms with Crippen LogP contribution in [0.3, 0.4) is 0 Å². The first-order valence-corrected chi connectivity index (χ1v) is 41.7. The maximum absolute atomic E-state index is 13.1. The third kappa shape index (κ3) is 67.3. The predicted molar refractivity (Wildman–Crippen MR) is 381 cm³/mol. The van der Waals surface area contributed by atoms with Crippen LogP contribution in [0.5, 0.6) is 0 Å². The maximum atomic E-state index is 13.1. The van der Waals surface area contributed by atoms with E-state index in [0.29, 0.717) is 25.7 Å². The van der Waals surface area contributed by atoms with E-state index in [-0.39, 0.29) is 25.7 Å². The first-order valence-electron chi connectivity index (χ1n) is 38.7. The van der Waals surface area contributed by atoms with Crippen molar-refractivity contribution < 1.29 is 80.2 Å². The number of carbonyl (C=O) groups is 4. The number of phosphoric acid groups is 2. The molecule has 0 fully saturated rings. The Labute approximate surface area is 575 Å². The van der Waals surface area contributed by atoms with Gasteiger partial charge in [0, 0.05) is 25.7 Å². The molecule has 0 aliphatic carbocycles. The number of aliphatic hydroxyl groups excluding tert-OH is 1. The van der Waals surface area contributed by atoms with E-state index in [1.54, 1.807) is 0 Å². The molecule has 558 valence electrons. The largest absolute Gasteiger partial charge is 0.472 e. The first kappa shape index (κ1) is 92.1. The smallest absolute Gasteiger partial charge is 0.462 e. The third-order valence-electron chi connectivity index (χ3n) is 17.7. The van der Waals surface area contributed by atoms with E-state index in [9.17, 15) is 43.2 Å². The molecule has 94 heavy (non-hydrogen) atoms. The molecule has 0 rings (SSSR count). The number of esters is 4. The zero-order chi connectivity index (χ0) is 69.6. The Morgan fingerprint density at radius 3 is 0.755 bits per heavy atom. The van der Waals surface area contributed by atoms with Gasteiger partial charge in [0.1, 0.15) is 19.3 Å². The Morgan fingerprint density at radius 1 is 0.298 bits per heavy atom. The Kier molecular flexibility index (Phi) is 63.1. The molecule has 19 heteroatoms. The standard InChI is InChI=1S/C75H146O17P2/c1-9-68(8)54-46-38-30-25-26-32-40-48-56-73(78)86-62-71(92-75(80)58-50-42-34-24-18-21-29-37-45-53-67(6)7)64-90-94(83,84)88-60-69(76)59-87-93(81,82)89-63-70(61-85-72(77)55-47-39-31-22-17-16-20-28-36-44-52-66(4)5)91-74(79)57-49-41-33-23-15-13-11-10-12-14-19-27-35-43-51-65(2)3/h65-71,76H,9-64H2,1-8H3,(H,81,82)(H,83,84)/t68?,69-,70-,71-/m1/s1. The second-order valence-electron chi connectivity index (χ2n) is 28.7. The van der Waals surface area contributed by atoms with E-state index in [2.05, 4.69) is 55.4 Å². The van der Waals surface area contributed by atoms with Crippen LogP contribution < -0.4 is 0 Å². The van der Waals surface area contributed by atoms with Gasteiger partial charge in [0.15, 0.2) is 12.2 Å². The highest BCUT2D eigenvalue weighted by atomic mass is 31.2. The lowest BCUT2D eigenvalue weighted by atomic mass is 9.99. The molecule has 0 aromatic heterocycles. The molecule has 17 nitrogen and oxygen atoms in total. The molecule has 0 aromatic carbocycles. The van der Waals surface area contributed by atoms with Gasteiger partial charge in [0.25, 0.3) is 0 Å². The molecule has 6 atom stereocenters. The van der Waals surface area contributed by atoms with Gasteiger partial charge in [-0.3, -0.25) is 37.3 Å². The fourth-order valence-corrected chi connectivity index (χ4v) is 12.9. The van der Waals surface area contributed by atoms with Crippen LogP contribution in [0.2, 0.25) is 0 Å². The van der Waals surface area contributed by atoms with Gasteiger partial charge in [-0.25, -0.2) is 9.13 Å². The van der Waals surface area contributed by atoms with E-state index in [4.69, 9.17) is 37.0 Å². The summed E-state index contributed by atoms with van der Waals surface area (Å²) in [5, 5.41) is 10.6. The van der Waals surface area contributed by atoms with Crippen molar-refractivity contribution in [3.8, 4) is 0 Å². The zero-order valence-corrected chi connectivity index (χ0v) is 63.4. The SMILES string of the molecule is CCC(C)CCCCCCCCCCC(=O)OC[C@H](COP(=O)(O)OC[C@H](O)COP(=O)(O)OC[C@@H](COC(=O)CCCCCCCCCCCCC(C)C)OC(=O)CCCCCCCCCCCCCCCCC(C)C)OC(=O)CCCCCCCCCCCC(C)C. The lowest BCUT2D eigenvalue weighted by Crippen LogP contribution is -2.30. The molecular formula is C75H146O17P2. The quantitative estimate of drug-likeness (QED) is 0.0222. The average Bonchev–Trinajstić information content (AvgIpc) is 2.58. The molecule has 0 heterocycles. The van der Waals surface area contributed by atoms with Crippen molar-refractivity contribution in [1.82, 2.24) is 0 Å². The van der Waals surface area contributed by atoms with Gasteiger partial charge >= 0.3 is 39.5 Å². The number of rotatable bonds is 72. The highest BCUT2D eigenvalue weighted by Crippen LogP contribution is 2.45. The van der Waals surface area contributed by atoms with Crippen LogP contribution in [0.25, 0.3) is 0 Å². The van der Waals surface area contributed by atoms with E-state index >= 15 is 0 Å². The summed E-state index contributed by atoms with van der Waals surface area (Å²) in [6.45, 7) is 14.2. The molecule has 3 unspecified atom stereocenters. The molecule has 0 bridgehead atoms. The van der Waals surface area contributed by atoms with Crippen LogP contribution in [0, 0.1) is 23.7 Å². The van der Waals surface area contributed by atoms with Crippen molar-refractivity contribution in [1.29, 1.82) is 0 Å². The Morgan fingerprint density at radius 2 is 0.511 bits per heavy atom. The summed E-state index contributed by atoms with van der Waals surface area (Å²) in [5.74, 6) is 0.945. The molecular weight excluding hydrogens is 1230 g/mol. The summed E-state index contributed by atoms with van der Waals surface area (Å²) in [4.78, 5) is 72.8. The van der Waals surface area contributed by atoms with Crippen LogP contribution >= 0.6 is 15.6 Å². The summed E-state index contributed by atoms with van der Waals surface area (Å²) in [5.41, 5.74) is 0. The number of hydrogen-bond donors (Lipinski definition) is 3. The third-order valence-corrected chi connectivity index (χ3v) is 19.6. The van der Waals surface area contributed by atoms with Crippen molar-refractivity contribution in [2.24, 2.45) is 23.7 Å². The fraction of sp³-hybridized carbons (Fsp3) is 0.947. The lowest BCUT2D eigenvalue weighted by molar-refractivity contribution is -0.161. The first-order chi connectivity index (χ1) is 45.1. The van der Waals surface area contributed by atoms with Crippen molar-refractivity contribution in [2.45, 2.75) is 395 Å². The summed E-state index contributed by atoms with van der Waals surface area (Å²) in [6, 6.07) is 0. The van der Waals surface area contributed by atoms with Gasteiger partial charge in [-0.2, -0.15) is 0 Å². The normalized spacial score (nSPS) is 14.4. The minimum Gasteiger partial charge on any atom is -0.462 e. The summed E-state index contributed by atoms with van der Waals surface area (Å²) in [7, 11) is -9.91. The van der Waals surface area contributed by atoms with E-state index in [1.165, 1.54) is 180 Å². The monoisotopic (exact) mass is 1380 g/mol. The minimum atomic E-state index is -4.96. The fourth-order valence-electron chi connectivity index (χ4n) is 11.3. The number of carbonyl (C=O) groups excluding carboxylic acids is 4. The Bertz CT molecular complexity index is 1850. The number of aliphatic hydroxyl groups is 1. The molecule has 0 saturated carbocycles. The molecule has 0 aliphatic rings. The number of ether oxygens (including phenoxy) is 4. The predicted octanol–water partition coefficient (Wildman–Crippen LogP) is 21.7. The van der Waals surface area contributed by atoms with Crippen LogP contribution in [0.4, 0.5) is 0 Å². The van der Waals surface area contributed by atoms with Crippen LogP contribution in [-0.2, 0) is 65.4 Å². The maximum Gasteiger partial charge on any atom is 0.472 e. The number of hydrogen-bond acceptors (Lipinski definition) is 15. The van der Waals surface area contributed by atoms with Crippen molar-refractivity contribution in [3.63, 3.8) is 0 Å². The van der Waals surface area contributed by atoms with Gasteiger partial charge in [0.05, 0.1) is 26.4 Å². The summed E-state index contributed by atoms with van der Waals surface area (Å²) >= 11 is 0. The second-order valence-corrected chi connectivity index (χ2v) is 31.6. The molecule has 0 aliphatic heterocycles. The van der Waals surface area contributed by atoms with E-state index in [1.807, 2.05) is 0 Å². The van der Waals surface area contributed by atoms with Gasteiger partial charge < -0.3 is 33.8 Å². The van der Waals surface area contributed by atoms with Crippen LogP contribution in [0.1, 0.15) is 376 Å². The zero-order valence-electron chi connectivity index (χ0n) is 61.6. The topological polar surface area (TPSA) is 237 Å². The summed E-state index contributed by atoms with van der Waals surface area (Å²) in [6.07, 6.45) is 48.5. The molecule has 0 radical (unpaired) electrons. The lowest BCUT2D eigenvalue weighted by Gasteiger charge is -2.21. The van der Waals surface area contributed by atoms with Gasteiger partial charge in [-0.05, 0) is 49.4 Å². The van der Waals surface area contributed by atoms with Crippen molar-refractivity contribution >= 4 is 39.5 Å². The highest BCUT2D eigenvalue weighted by Gasteiger charge is 2.30. The Hall–Kier alpha value is -1.94. The second kappa shape index (κ2) is 64.4. The van der Waals surface area contributed by atoms with E-state index < -0.39 is 97.5 Å². The Balaban J connectivity index is 5.27. The molecule has 3 N–H and O–H groups in total. The van der Waals surface area contributed by atoms with Crippen molar-refractivity contribution in [2.75, 3.05) is 39.6 Å². The molecule has 0 aromatic rings. The van der Waals surface area contributed by atoms with E-state index in [0.717, 1.165) is 114 Å².